The zero-order valence-corrected chi connectivity index (χ0v) is 9.75. The second kappa shape index (κ2) is 5.72. The molecule has 0 radical (unpaired) electrons. The smallest absolute Gasteiger partial charge is 0.251 e. The van der Waals surface area contributed by atoms with Gasteiger partial charge in [-0.1, -0.05) is 0 Å². The second-order valence-electron chi connectivity index (χ2n) is 3.07. The van der Waals surface area contributed by atoms with Crippen molar-refractivity contribution in [3.63, 3.8) is 0 Å². The number of nitrogens with one attached hydrogen (secondary N) is 1. The zero-order valence-electron chi connectivity index (χ0n) is 8.16. The minimum Gasteiger partial charge on any atom is -0.398 e. The van der Waals surface area contributed by atoms with E-state index in [1.165, 1.54) is 0 Å². The molecule has 1 amide bonds. The summed E-state index contributed by atoms with van der Waals surface area (Å²) in [5.74, 6) is -0.163. The van der Waals surface area contributed by atoms with Gasteiger partial charge in [0.25, 0.3) is 5.91 Å². The lowest BCUT2D eigenvalue weighted by Crippen LogP contribution is -2.25. The van der Waals surface area contributed by atoms with Crippen LogP contribution in [0.5, 0.6) is 0 Å². The molecular weight excluding hydrogens is 260 g/mol. The van der Waals surface area contributed by atoms with Gasteiger partial charge in [-0.3, -0.25) is 4.79 Å². The summed E-state index contributed by atoms with van der Waals surface area (Å²) < 4.78 is 0.706. The highest BCUT2D eigenvalue weighted by atomic mass is 79.9. The SMILES string of the molecule is Nc1ccc(C(=O)NCCCO)cc1Br. The first-order chi connectivity index (χ1) is 7.15. The van der Waals surface area contributed by atoms with Gasteiger partial charge in [0.2, 0.25) is 0 Å². The molecule has 1 aromatic rings. The van der Waals surface area contributed by atoms with Crippen molar-refractivity contribution in [1.82, 2.24) is 5.32 Å². The minimum absolute atomic E-state index is 0.0751. The highest BCUT2D eigenvalue weighted by Crippen LogP contribution is 2.20. The van der Waals surface area contributed by atoms with Gasteiger partial charge in [0.05, 0.1) is 0 Å². The van der Waals surface area contributed by atoms with Crippen molar-refractivity contribution in [2.45, 2.75) is 6.42 Å². The van der Waals surface area contributed by atoms with E-state index in [0.29, 0.717) is 28.7 Å². The lowest BCUT2D eigenvalue weighted by Gasteiger charge is -2.05. The lowest BCUT2D eigenvalue weighted by atomic mass is 10.2. The molecule has 4 nitrogen and oxygen atoms in total. The maximum Gasteiger partial charge on any atom is 0.251 e. The zero-order chi connectivity index (χ0) is 11.3. The molecule has 15 heavy (non-hydrogen) atoms. The molecule has 0 unspecified atom stereocenters. The van der Waals surface area contributed by atoms with Crippen LogP contribution in [-0.2, 0) is 0 Å². The normalized spacial score (nSPS) is 10.0. The van der Waals surface area contributed by atoms with Gasteiger partial charge in [0.1, 0.15) is 0 Å². The first kappa shape index (κ1) is 12.0. The van der Waals surface area contributed by atoms with Gasteiger partial charge in [-0.05, 0) is 40.5 Å². The van der Waals surface area contributed by atoms with Gasteiger partial charge in [-0.2, -0.15) is 0 Å². The molecule has 0 saturated heterocycles. The Labute approximate surface area is 96.6 Å². The number of nitrogen functional groups attached to an aromatic ring is 1. The highest BCUT2D eigenvalue weighted by Gasteiger charge is 2.06. The van der Waals surface area contributed by atoms with Crippen LogP contribution in [0.2, 0.25) is 0 Å². The summed E-state index contributed by atoms with van der Waals surface area (Å²) in [5, 5.41) is 11.2. The fourth-order valence-electron chi connectivity index (χ4n) is 1.05. The van der Waals surface area contributed by atoms with Gasteiger partial charge in [0, 0.05) is 28.9 Å². The van der Waals surface area contributed by atoms with Crippen LogP contribution in [0.4, 0.5) is 5.69 Å². The summed E-state index contributed by atoms with van der Waals surface area (Å²) >= 11 is 3.25. The van der Waals surface area contributed by atoms with Crippen LogP contribution in [0.25, 0.3) is 0 Å². The topological polar surface area (TPSA) is 75.4 Å². The number of benzene rings is 1. The number of aliphatic hydroxyl groups excluding tert-OH is 1. The molecule has 0 fully saturated rings. The highest BCUT2D eigenvalue weighted by molar-refractivity contribution is 9.10. The molecule has 0 aliphatic carbocycles. The van der Waals surface area contributed by atoms with Crippen molar-refractivity contribution in [2.75, 3.05) is 18.9 Å². The lowest BCUT2D eigenvalue weighted by molar-refractivity contribution is 0.0951. The Morgan fingerprint density at radius 2 is 2.27 bits per heavy atom. The molecule has 82 valence electrons. The fourth-order valence-corrected chi connectivity index (χ4v) is 1.43. The van der Waals surface area contributed by atoms with Crippen molar-refractivity contribution >= 4 is 27.5 Å². The van der Waals surface area contributed by atoms with Gasteiger partial charge in [-0.15, -0.1) is 0 Å². The Kier molecular flexibility index (Phi) is 4.58. The largest absolute Gasteiger partial charge is 0.398 e. The molecule has 0 heterocycles. The van der Waals surface area contributed by atoms with Gasteiger partial charge >= 0.3 is 0 Å². The van der Waals surface area contributed by atoms with Crippen molar-refractivity contribution in [2.24, 2.45) is 0 Å². The van der Waals surface area contributed by atoms with Crippen molar-refractivity contribution in [3.05, 3.63) is 28.2 Å². The summed E-state index contributed by atoms with van der Waals surface area (Å²) in [5.41, 5.74) is 6.75. The standard InChI is InChI=1S/C10H13BrN2O2/c11-8-6-7(2-3-9(8)12)10(15)13-4-1-5-14/h2-3,6,14H,1,4-5,12H2,(H,13,15). The van der Waals surface area contributed by atoms with Crippen LogP contribution in [-0.4, -0.2) is 24.2 Å². The summed E-state index contributed by atoms with van der Waals surface area (Å²) in [6, 6.07) is 5.00. The molecule has 1 rings (SSSR count). The van der Waals surface area contributed by atoms with Crippen molar-refractivity contribution in [1.29, 1.82) is 0 Å². The van der Waals surface area contributed by atoms with E-state index >= 15 is 0 Å². The molecule has 0 spiro atoms. The number of aliphatic hydroxyl groups is 1. The van der Waals surface area contributed by atoms with Crippen LogP contribution in [0.15, 0.2) is 22.7 Å². The van der Waals surface area contributed by atoms with Crippen LogP contribution in [0.1, 0.15) is 16.8 Å². The van der Waals surface area contributed by atoms with Crippen LogP contribution in [0, 0.1) is 0 Å². The molecule has 4 N–H and O–H groups in total. The number of carbonyl (C=O) groups excluding carboxylic acids is 1. The van der Waals surface area contributed by atoms with E-state index < -0.39 is 0 Å². The van der Waals surface area contributed by atoms with Crippen molar-refractivity contribution in [3.8, 4) is 0 Å². The average Bonchev–Trinajstić information content (AvgIpc) is 2.22. The Bertz CT molecular complexity index is 355. The predicted molar refractivity (Wildman–Crippen MR) is 62.6 cm³/mol. The third-order valence-corrected chi connectivity index (χ3v) is 2.57. The number of hydrogen-bond acceptors (Lipinski definition) is 3. The summed E-state index contributed by atoms with van der Waals surface area (Å²) in [6.07, 6.45) is 0.557. The summed E-state index contributed by atoms with van der Waals surface area (Å²) in [4.78, 5) is 11.5. The predicted octanol–water partition coefficient (Wildman–Crippen LogP) is 1.14. The number of nitrogens with two attached hydrogens (primary N) is 1. The monoisotopic (exact) mass is 272 g/mol. The summed E-state index contributed by atoms with van der Waals surface area (Å²) in [6.45, 7) is 0.545. The number of amides is 1. The average molecular weight is 273 g/mol. The Balaban J connectivity index is 2.62. The quantitative estimate of drug-likeness (QED) is 0.569. The van der Waals surface area contributed by atoms with E-state index in [-0.39, 0.29) is 12.5 Å². The van der Waals surface area contributed by atoms with Gasteiger partial charge in [0.15, 0.2) is 0 Å². The van der Waals surface area contributed by atoms with E-state index in [9.17, 15) is 4.79 Å². The minimum atomic E-state index is -0.163. The molecule has 0 aliphatic heterocycles. The first-order valence-electron chi connectivity index (χ1n) is 4.59. The molecule has 1 aromatic carbocycles. The van der Waals surface area contributed by atoms with Crippen LogP contribution >= 0.6 is 15.9 Å². The maximum absolute atomic E-state index is 11.5. The molecule has 5 heteroatoms. The number of rotatable bonds is 4. The van der Waals surface area contributed by atoms with Crippen molar-refractivity contribution < 1.29 is 9.90 Å². The molecule has 0 aromatic heterocycles. The Hall–Kier alpha value is -1.07. The van der Waals surface area contributed by atoms with E-state index in [4.69, 9.17) is 10.8 Å². The molecule has 0 aliphatic rings. The summed E-state index contributed by atoms with van der Waals surface area (Å²) in [7, 11) is 0. The van der Waals surface area contributed by atoms with Gasteiger partial charge < -0.3 is 16.2 Å². The number of halogens is 1. The molecular formula is C10H13BrN2O2. The van der Waals surface area contributed by atoms with E-state index in [1.54, 1.807) is 18.2 Å². The van der Waals surface area contributed by atoms with E-state index in [2.05, 4.69) is 21.2 Å². The van der Waals surface area contributed by atoms with E-state index in [0.717, 1.165) is 0 Å². The Morgan fingerprint density at radius 1 is 1.53 bits per heavy atom. The first-order valence-corrected chi connectivity index (χ1v) is 5.38. The number of hydrogen-bond donors (Lipinski definition) is 3. The molecule has 0 atom stereocenters. The number of anilines is 1. The van der Waals surface area contributed by atoms with E-state index in [1.807, 2.05) is 0 Å². The second-order valence-corrected chi connectivity index (χ2v) is 3.92. The third kappa shape index (κ3) is 3.53. The van der Waals surface area contributed by atoms with Crippen LogP contribution in [0.3, 0.4) is 0 Å². The fraction of sp³-hybridized carbons (Fsp3) is 0.300. The Morgan fingerprint density at radius 3 is 2.87 bits per heavy atom. The third-order valence-electron chi connectivity index (χ3n) is 1.88. The van der Waals surface area contributed by atoms with Crippen LogP contribution < -0.4 is 11.1 Å². The molecule has 0 saturated carbocycles. The maximum atomic E-state index is 11.5. The number of carbonyl (C=O) groups is 1. The van der Waals surface area contributed by atoms with Gasteiger partial charge in [-0.25, -0.2) is 0 Å². The molecule has 0 bridgehead atoms.